The molecule has 1 aliphatic rings. The molecule has 0 N–H and O–H groups in total. The summed E-state index contributed by atoms with van der Waals surface area (Å²) in [5.74, 6) is 0.0697. The Bertz CT molecular complexity index is 580. The number of piperazine rings is 1. The Labute approximate surface area is 138 Å². The van der Waals surface area contributed by atoms with Gasteiger partial charge in [-0.05, 0) is 32.3 Å². The predicted molar refractivity (Wildman–Crippen MR) is 91.7 cm³/mol. The second-order valence-electron chi connectivity index (χ2n) is 6.14. The van der Waals surface area contributed by atoms with Gasteiger partial charge in [-0.1, -0.05) is 48.9 Å². The lowest BCUT2D eigenvalue weighted by Gasteiger charge is -2.38. The molecule has 0 spiro atoms. The molecule has 1 fully saturated rings. The van der Waals surface area contributed by atoms with Crippen molar-refractivity contribution in [2.75, 3.05) is 13.1 Å². The molecular formula is C19H26N2O2. The molecule has 0 unspecified atom stereocenters. The third-order valence-corrected chi connectivity index (χ3v) is 4.42. The lowest BCUT2D eigenvalue weighted by molar-refractivity contribution is -0.155. The summed E-state index contributed by atoms with van der Waals surface area (Å²) in [6, 6.07) is 9.42. The van der Waals surface area contributed by atoms with E-state index in [0.29, 0.717) is 13.1 Å². The van der Waals surface area contributed by atoms with Gasteiger partial charge in [0.2, 0.25) is 11.8 Å². The first-order valence-corrected chi connectivity index (χ1v) is 8.30. The zero-order chi connectivity index (χ0) is 16.8. The summed E-state index contributed by atoms with van der Waals surface area (Å²) in [6.45, 7) is 7.32. The number of carbonyl (C=O) groups is 2. The summed E-state index contributed by atoms with van der Waals surface area (Å²) in [5, 5.41) is 0. The van der Waals surface area contributed by atoms with Gasteiger partial charge in [-0.15, -0.1) is 0 Å². The standard InChI is InChI=1S/C19H26N2O2/c1-4-15(2)9-8-12-21-16(3)19(23)20(14-18(21)22)13-17-10-6-5-7-11-17/h5-7,9-11,16H,4,8,12-14H2,1-3H3/t16-/m0/s1. The average molecular weight is 314 g/mol. The molecule has 0 saturated carbocycles. The van der Waals surface area contributed by atoms with Gasteiger partial charge >= 0.3 is 0 Å². The maximum Gasteiger partial charge on any atom is 0.245 e. The highest BCUT2D eigenvalue weighted by Gasteiger charge is 2.35. The largest absolute Gasteiger partial charge is 0.329 e. The van der Waals surface area contributed by atoms with Crippen LogP contribution in [-0.2, 0) is 16.1 Å². The van der Waals surface area contributed by atoms with Crippen LogP contribution >= 0.6 is 0 Å². The van der Waals surface area contributed by atoms with Crippen LogP contribution in [0.5, 0.6) is 0 Å². The van der Waals surface area contributed by atoms with Gasteiger partial charge < -0.3 is 9.80 Å². The van der Waals surface area contributed by atoms with E-state index in [0.717, 1.165) is 18.4 Å². The van der Waals surface area contributed by atoms with Gasteiger partial charge in [0.25, 0.3) is 0 Å². The smallest absolute Gasteiger partial charge is 0.245 e. The van der Waals surface area contributed by atoms with Crippen LogP contribution in [0.1, 0.15) is 39.2 Å². The van der Waals surface area contributed by atoms with Crippen molar-refractivity contribution in [3.63, 3.8) is 0 Å². The highest BCUT2D eigenvalue weighted by atomic mass is 16.2. The molecule has 4 heteroatoms. The molecule has 2 amide bonds. The summed E-state index contributed by atoms with van der Waals surface area (Å²) in [6.07, 6.45) is 3.98. The zero-order valence-electron chi connectivity index (χ0n) is 14.3. The Balaban J connectivity index is 1.98. The Morgan fingerprint density at radius 1 is 1.26 bits per heavy atom. The molecule has 4 nitrogen and oxygen atoms in total. The Kier molecular flexibility index (Phi) is 5.97. The number of nitrogens with zero attached hydrogens (tertiary/aromatic N) is 2. The van der Waals surface area contributed by atoms with E-state index in [-0.39, 0.29) is 24.4 Å². The molecule has 2 rings (SSSR count). The van der Waals surface area contributed by atoms with E-state index in [1.807, 2.05) is 37.3 Å². The van der Waals surface area contributed by atoms with Crippen LogP contribution in [0.25, 0.3) is 0 Å². The van der Waals surface area contributed by atoms with E-state index >= 15 is 0 Å². The molecule has 1 aromatic rings. The van der Waals surface area contributed by atoms with Crippen LogP contribution in [0.2, 0.25) is 0 Å². The number of carbonyl (C=O) groups excluding carboxylic acids is 2. The van der Waals surface area contributed by atoms with E-state index < -0.39 is 0 Å². The molecule has 1 atom stereocenters. The molecule has 0 aromatic heterocycles. The van der Waals surface area contributed by atoms with Crippen molar-refractivity contribution in [1.29, 1.82) is 0 Å². The van der Waals surface area contributed by atoms with Crippen LogP contribution in [0.4, 0.5) is 0 Å². The summed E-state index contributed by atoms with van der Waals surface area (Å²) >= 11 is 0. The highest BCUT2D eigenvalue weighted by Crippen LogP contribution is 2.16. The number of allylic oxidation sites excluding steroid dienone is 1. The van der Waals surface area contributed by atoms with Crippen molar-refractivity contribution in [3.05, 3.63) is 47.5 Å². The second-order valence-corrected chi connectivity index (χ2v) is 6.14. The fourth-order valence-electron chi connectivity index (χ4n) is 2.80. The highest BCUT2D eigenvalue weighted by molar-refractivity contribution is 5.94. The third kappa shape index (κ3) is 4.44. The van der Waals surface area contributed by atoms with Gasteiger partial charge in [0.05, 0.1) is 0 Å². The molecule has 0 radical (unpaired) electrons. The average Bonchev–Trinajstić information content (AvgIpc) is 2.56. The number of benzene rings is 1. The van der Waals surface area contributed by atoms with Crippen molar-refractivity contribution in [2.45, 2.75) is 46.2 Å². The Hall–Kier alpha value is -2.10. The summed E-state index contributed by atoms with van der Waals surface area (Å²) in [4.78, 5) is 28.3. The first-order chi connectivity index (χ1) is 11.0. The topological polar surface area (TPSA) is 40.6 Å². The maximum absolute atomic E-state index is 12.6. The molecule has 0 bridgehead atoms. The van der Waals surface area contributed by atoms with Gasteiger partial charge in [0.1, 0.15) is 12.6 Å². The molecule has 0 aliphatic carbocycles. The van der Waals surface area contributed by atoms with Crippen molar-refractivity contribution in [2.24, 2.45) is 0 Å². The molecule has 1 saturated heterocycles. The number of rotatable bonds is 6. The molecule has 1 aliphatic heterocycles. The van der Waals surface area contributed by atoms with E-state index in [1.54, 1.807) is 9.80 Å². The second kappa shape index (κ2) is 7.95. The number of hydrogen-bond donors (Lipinski definition) is 0. The van der Waals surface area contributed by atoms with E-state index in [1.165, 1.54) is 5.57 Å². The fraction of sp³-hybridized carbons (Fsp3) is 0.474. The van der Waals surface area contributed by atoms with Crippen LogP contribution < -0.4 is 0 Å². The van der Waals surface area contributed by atoms with Gasteiger partial charge in [0.15, 0.2) is 0 Å². The van der Waals surface area contributed by atoms with Crippen molar-refractivity contribution in [1.82, 2.24) is 9.80 Å². The zero-order valence-corrected chi connectivity index (χ0v) is 14.3. The first-order valence-electron chi connectivity index (χ1n) is 8.30. The lowest BCUT2D eigenvalue weighted by Crippen LogP contribution is -2.58. The predicted octanol–water partition coefficient (Wildman–Crippen LogP) is 2.99. The SMILES string of the molecule is CCC(C)=CCCN1C(=O)CN(Cc2ccccc2)C(=O)[C@@H]1C. The Morgan fingerprint density at radius 3 is 2.61 bits per heavy atom. The summed E-state index contributed by atoms with van der Waals surface area (Å²) in [7, 11) is 0. The van der Waals surface area contributed by atoms with Crippen LogP contribution in [-0.4, -0.2) is 40.7 Å². The Morgan fingerprint density at radius 2 is 1.96 bits per heavy atom. The minimum absolute atomic E-state index is 0.0321. The third-order valence-electron chi connectivity index (χ3n) is 4.42. The molecule has 1 aromatic carbocycles. The minimum atomic E-state index is -0.379. The van der Waals surface area contributed by atoms with Crippen LogP contribution in [0, 0.1) is 0 Å². The van der Waals surface area contributed by atoms with Crippen molar-refractivity contribution < 1.29 is 9.59 Å². The lowest BCUT2D eigenvalue weighted by atomic mass is 10.1. The molecular weight excluding hydrogens is 288 g/mol. The van der Waals surface area contributed by atoms with Crippen LogP contribution in [0.15, 0.2) is 42.0 Å². The van der Waals surface area contributed by atoms with Crippen LogP contribution in [0.3, 0.4) is 0 Å². The van der Waals surface area contributed by atoms with E-state index in [9.17, 15) is 9.59 Å². The van der Waals surface area contributed by atoms with Gasteiger partial charge in [-0.3, -0.25) is 9.59 Å². The van der Waals surface area contributed by atoms with E-state index in [4.69, 9.17) is 0 Å². The maximum atomic E-state index is 12.6. The minimum Gasteiger partial charge on any atom is -0.329 e. The quantitative estimate of drug-likeness (QED) is 0.757. The monoisotopic (exact) mass is 314 g/mol. The van der Waals surface area contributed by atoms with Crippen molar-refractivity contribution >= 4 is 11.8 Å². The molecule has 23 heavy (non-hydrogen) atoms. The fourth-order valence-corrected chi connectivity index (χ4v) is 2.80. The number of amides is 2. The van der Waals surface area contributed by atoms with Gasteiger partial charge in [0, 0.05) is 13.1 Å². The van der Waals surface area contributed by atoms with E-state index in [2.05, 4.69) is 19.9 Å². The summed E-state index contributed by atoms with van der Waals surface area (Å²) < 4.78 is 0. The molecule has 124 valence electrons. The number of hydrogen-bond acceptors (Lipinski definition) is 2. The first kappa shape index (κ1) is 17.3. The van der Waals surface area contributed by atoms with Crippen molar-refractivity contribution in [3.8, 4) is 0 Å². The normalized spacial score (nSPS) is 19.4. The van der Waals surface area contributed by atoms with Gasteiger partial charge in [-0.25, -0.2) is 0 Å². The molecule has 1 heterocycles. The summed E-state index contributed by atoms with van der Waals surface area (Å²) in [5.41, 5.74) is 2.37. The van der Waals surface area contributed by atoms with Gasteiger partial charge in [-0.2, -0.15) is 0 Å².